The van der Waals surface area contributed by atoms with Gasteiger partial charge in [-0.3, -0.25) is 0 Å². The lowest BCUT2D eigenvalue weighted by atomic mass is 9.82. The first kappa shape index (κ1) is 14.7. The molecule has 2 aliphatic rings. The van der Waals surface area contributed by atoms with Crippen LogP contribution in [-0.4, -0.2) is 18.0 Å². The Morgan fingerprint density at radius 3 is 2.63 bits per heavy atom. The van der Waals surface area contributed by atoms with Gasteiger partial charge in [0, 0.05) is 17.8 Å². The first-order valence-electron chi connectivity index (χ1n) is 7.16. The molecule has 1 aromatic rings. The van der Waals surface area contributed by atoms with Crippen LogP contribution in [0, 0.1) is 17.8 Å². The van der Waals surface area contributed by atoms with Crippen LogP contribution in [0.25, 0.3) is 0 Å². The molecule has 0 aromatic heterocycles. The highest BCUT2D eigenvalue weighted by Crippen LogP contribution is 2.45. The van der Waals surface area contributed by atoms with Gasteiger partial charge in [0.1, 0.15) is 0 Å². The molecular formula is C17H24OS. The number of benzene rings is 1. The van der Waals surface area contributed by atoms with Gasteiger partial charge in [-0.25, -0.2) is 0 Å². The molecule has 1 N–H and O–H groups in total. The Bertz CT molecular complexity index is 413. The Labute approximate surface area is 121 Å². The molecule has 1 saturated carbocycles. The molecule has 2 unspecified atom stereocenters. The largest absolute Gasteiger partial charge is 0.400 e. The molecule has 0 saturated heterocycles. The lowest BCUT2D eigenvalue weighted by Gasteiger charge is -2.26. The zero-order chi connectivity index (χ0) is 13.7. The van der Waals surface area contributed by atoms with E-state index in [2.05, 4.69) is 43.3 Å². The number of aliphatic hydroxyl groups excluding tert-OH is 1. The molecule has 0 aliphatic heterocycles. The smallest absolute Gasteiger partial charge is 0.0319 e. The van der Waals surface area contributed by atoms with Gasteiger partial charge in [0.05, 0.1) is 0 Å². The monoisotopic (exact) mass is 276 g/mol. The van der Waals surface area contributed by atoms with Gasteiger partial charge in [0.25, 0.3) is 0 Å². The standard InChI is InChI=1S/C16H20S.CH4O/c1-12-9-15-10-13(12)7-8-14(15)11-17-16-5-3-2-4-6-16;1-2/h2-6,9,12-14H,7-8,10-11H2,1H3;2H,1H3/t12-,13?,14?;/m0./s1. The third-order valence-electron chi connectivity index (χ3n) is 4.32. The Kier molecular flexibility index (Phi) is 5.53. The molecular weight excluding hydrogens is 252 g/mol. The number of hydrogen-bond donors (Lipinski definition) is 1. The normalized spacial score (nSPS) is 28.4. The van der Waals surface area contributed by atoms with E-state index in [-0.39, 0.29) is 0 Å². The number of allylic oxidation sites excluding steroid dienone is 2. The van der Waals surface area contributed by atoms with Crippen molar-refractivity contribution in [2.75, 3.05) is 12.9 Å². The van der Waals surface area contributed by atoms with Gasteiger partial charge in [-0.1, -0.05) is 36.8 Å². The third kappa shape index (κ3) is 3.64. The molecule has 104 valence electrons. The molecule has 0 heterocycles. The van der Waals surface area contributed by atoms with E-state index in [0.29, 0.717) is 0 Å². The number of aliphatic hydroxyl groups is 1. The van der Waals surface area contributed by atoms with E-state index in [1.165, 1.54) is 29.9 Å². The average Bonchev–Trinajstić information content (AvgIpc) is 2.77. The molecule has 2 aliphatic carbocycles. The number of hydrogen-bond acceptors (Lipinski definition) is 2. The van der Waals surface area contributed by atoms with Crippen LogP contribution in [0.4, 0.5) is 0 Å². The van der Waals surface area contributed by atoms with E-state index in [4.69, 9.17) is 5.11 Å². The highest BCUT2D eigenvalue weighted by molar-refractivity contribution is 7.99. The van der Waals surface area contributed by atoms with Gasteiger partial charge >= 0.3 is 0 Å². The average molecular weight is 276 g/mol. The van der Waals surface area contributed by atoms with Crippen LogP contribution >= 0.6 is 11.8 Å². The Morgan fingerprint density at radius 2 is 1.89 bits per heavy atom. The first-order chi connectivity index (χ1) is 9.33. The maximum atomic E-state index is 7.00. The van der Waals surface area contributed by atoms with Gasteiger partial charge in [-0.15, -0.1) is 11.8 Å². The molecule has 0 radical (unpaired) electrons. The van der Waals surface area contributed by atoms with Crippen molar-refractivity contribution in [3.05, 3.63) is 42.0 Å². The summed E-state index contributed by atoms with van der Waals surface area (Å²) in [6.45, 7) is 2.39. The van der Waals surface area contributed by atoms with E-state index in [1.54, 1.807) is 5.57 Å². The van der Waals surface area contributed by atoms with Crippen molar-refractivity contribution < 1.29 is 5.11 Å². The second kappa shape index (κ2) is 7.16. The fraction of sp³-hybridized carbons (Fsp3) is 0.529. The predicted molar refractivity (Wildman–Crippen MR) is 83.4 cm³/mol. The third-order valence-corrected chi connectivity index (χ3v) is 5.50. The summed E-state index contributed by atoms with van der Waals surface area (Å²) in [6.07, 6.45) is 6.82. The summed E-state index contributed by atoms with van der Waals surface area (Å²) in [5, 5.41) is 7.00. The topological polar surface area (TPSA) is 20.2 Å². The summed E-state index contributed by atoms with van der Waals surface area (Å²) in [7, 11) is 1.00. The van der Waals surface area contributed by atoms with Crippen molar-refractivity contribution in [1.29, 1.82) is 0 Å². The summed E-state index contributed by atoms with van der Waals surface area (Å²) < 4.78 is 0. The van der Waals surface area contributed by atoms with E-state index in [0.717, 1.165) is 24.9 Å². The maximum Gasteiger partial charge on any atom is 0.0319 e. The predicted octanol–water partition coefficient (Wildman–Crippen LogP) is 4.38. The van der Waals surface area contributed by atoms with Crippen LogP contribution in [0.2, 0.25) is 0 Å². The van der Waals surface area contributed by atoms with Crippen molar-refractivity contribution in [1.82, 2.24) is 0 Å². The van der Waals surface area contributed by atoms with E-state index in [1.807, 2.05) is 11.8 Å². The maximum absolute atomic E-state index is 7.00. The number of thioether (sulfide) groups is 1. The SMILES string of the molecule is CO.C[C@H]1C=C2CC1CCC2CSc1ccccc1. The molecule has 0 spiro atoms. The Morgan fingerprint density at radius 1 is 1.16 bits per heavy atom. The van der Waals surface area contributed by atoms with Gasteiger partial charge in [-0.05, 0) is 49.1 Å². The summed E-state index contributed by atoms with van der Waals surface area (Å²) >= 11 is 2.02. The van der Waals surface area contributed by atoms with Crippen LogP contribution in [-0.2, 0) is 0 Å². The van der Waals surface area contributed by atoms with Gasteiger partial charge in [-0.2, -0.15) is 0 Å². The first-order valence-corrected chi connectivity index (χ1v) is 8.14. The molecule has 3 rings (SSSR count). The highest BCUT2D eigenvalue weighted by Gasteiger charge is 2.33. The van der Waals surface area contributed by atoms with Crippen molar-refractivity contribution in [3.63, 3.8) is 0 Å². The molecule has 3 atom stereocenters. The number of rotatable bonds is 3. The molecule has 1 aromatic carbocycles. The summed E-state index contributed by atoms with van der Waals surface area (Å²) in [6, 6.07) is 10.8. The lowest BCUT2D eigenvalue weighted by Crippen LogP contribution is -2.16. The van der Waals surface area contributed by atoms with E-state index in [9.17, 15) is 0 Å². The second-order valence-electron chi connectivity index (χ2n) is 5.46. The molecule has 2 heteroatoms. The van der Waals surface area contributed by atoms with Crippen LogP contribution in [0.5, 0.6) is 0 Å². The van der Waals surface area contributed by atoms with Crippen molar-refractivity contribution in [2.24, 2.45) is 17.8 Å². The van der Waals surface area contributed by atoms with Gasteiger partial charge in [0.2, 0.25) is 0 Å². The molecule has 1 nitrogen and oxygen atoms in total. The quantitative estimate of drug-likeness (QED) is 0.653. The fourth-order valence-electron chi connectivity index (χ4n) is 3.20. The minimum Gasteiger partial charge on any atom is -0.400 e. The van der Waals surface area contributed by atoms with E-state index >= 15 is 0 Å². The van der Waals surface area contributed by atoms with Crippen molar-refractivity contribution >= 4 is 11.8 Å². The molecule has 1 fully saturated rings. The van der Waals surface area contributed by atoms with Crippen LogP contribution in [0.15, 0.2) is 46.9 Å². The van der Waals surface area contributed by atoms with Crippen LogP contribution < -0.4 is 0 Å². The Hall–Kier alpha value is -0.730. The van der Waals surface area contributed by atoms with Crippen molar-refractivity contribution in [2.45, 2.75) is 31.1 Å². The summed E-state index contributed by atoms with van der Waals surface area (Å²) in [5.41, 5.74) is 1.76. The van der Waals surface area contributed by atoms with Gasteiger partial charge in [0.15, 0.2) is 0 Å². The fourth-order valence-corrected chi connectivity index (χ4v) is 4.33. The minimum atomic E-state index is 0.844. The molecule has 0 amide bonds. The number of fused-ring (bicyclic) bond motifs is 2. The zero-order valence-corrected chi connectivity index (χ0v) is 12.7. The van der Waals surface area contributed by atoms with Crippen LogP contribution in [0.3, 0.4) is 0 Å². The lowest BCUT2D eigenvalue weighted by molar-refractivity contribution is 0.347. The van der Waals surface area contributed by atoms with Crippen molar-refractivity contribution in [3.8, 4) is 0 Å². The summed E-state index contributed by atoms with van der Waals surface area (Å²) in [5.74, 6) is 3.94. The zero-order valence-electron chi connectivity index (χ0n) is 11.9. The second-order valence-corrected chi connectivity index (χ2v) is 6.56. The highest BCUT2D eigenvalue weighted by atomic mass is 32.2. The van der Waals surface area contributed by atoms with Crippen LogP contribution in [0.1, 0.15) is 26.2 Å². The summed E-state index contributed by atoms with van der Waals surface area (Å²) in [4.78, 5) is 1.42. The van der Waals surface area contributed by atoms with E-state index < -0.39 is 0 Å². The Balaban J connectivity index is 0.000000637. The molecule has 19 heavy (non-hydrogen) atoms. The van der Waals surface area contributed by atoms with Gasteiger partial charge < -0.3 is 5.11 Å². The minimum absolute atomic E-state index is 0.844. The molecule has 2 bridgehead atoms.